The van der Waals surface area contributed by atoms with Gasteiger partial charge in [0.25, 0.3) is 0 Å². The van der Waals surface area contributed by atoms with Gasteiger partial charge in [0.1, 0.15) is 0 Å². The van der Waals surface area contributed by atoms with Crippen molar-refractivity contribution in [1.82, 2.24) is 10.6 Å². The van der Waals surface area contributed by atoms with Gasteiger partial charge in [-0.2, -0.15) is 0 Å². The van der Waals surface area contributed by atoms with Gasteiger partial charge in [0, 0.05) is 11.4 Å². The number of unbranched alkanes of at least 4 members (excludes halogenated alkanes) is 1. The minimum Gasteiger partial charge on any atom is -0.478 e. The van der Waals surface area contributed by atoms with Gasteiger partial charge in [-0.3, -0.25) is 10.1 Å². The third-order valence-corrected chi connectivity index (χ3v) is 3.51. The van der Waals surface area contributed by atoms with E-state index in [1.807, 2.05) is 6.92 Å². The number of hydrogen-bond acceptors (Lipinski definition) is 4. The Kier molecular flexibility index (Phi) is 7.31. The van der Waals surface area contributed by atoms with E-state index in [2.05, 4.69) is 10.6 Å². The molecule has 0 spiro atoms. The van der Waals surface area contributed by atoms with Crippen molar-refractivity contribution in [3.8, 4) is 0 Å². The summed E-state index contributed by atoms with van der Waals surface area (Å²) < 4.78 is 0. The Bertz CT molecular complexity index is 519. The lowest BCUT2D eigenvalue weighted by molar-refractivity contribution is -0.117. The van der Waals surface area contributed by atoms with Crippen molar-refractivity contribution in [1.29, 1.82) is 0 Å². The van der Waals surface area contributed by atoms with Crippen LogP contribution in [0, 0.1) is 0 Å². The molecule has 0 radical (unpaired) electrons. The number of amides is 3. The summed E-state index contributed by atoms with van der Waals surface area (Å²) in [5.41, 5.74) is 0.165. The highest BCUT2D eigenvalue weighted by Gasteiger charge is 2.09. The van der Waals surface area contributed by atoms with Crippen LogP contribution >= 0.6 is 11.8 Å². The zero-order valence-electron chi connectivity index (χ0n) is 11.7. The number of hydrogen-bond donors (Lipinski definition) is 3. The number of carbonyl (C=O) groups excluding carboxylic acids is 2. The second-order valence-corrected chi connectivity index (χ2v) is 5.33. The molecule has 1 rings (SSSR count). The van der Waals surface area contributed by atoms with Crippen molar-refractivity contribution in [2.24, 2.45) is 0 Å². The summed E-state index contributed by atoms with van der Waals surface area (Å²) in [4.78, 5) is 34.4. The zero-order chi connectivity index (χ0) is 15.7. The predicted molar refractivity (Wildman–Crippen MR) is 80.6 cm³/mol. The third kappa shape index (κ3) is 6.80. The van der Waals surface area contributed by atoms with Crippen molar-refractivity contribution in [3.63, 3.8) is 0 Å². The molecule has 0 unspecified atom stereocenters. The lowest BCUT2D eigenvalue weighted by atomic mass is 10.2. The fourth-order valence-electron chi connectivity index (χ4n) is 1.45. The van der Waals surface area contributed by atoms with Gasteiger partial charge in [-0.25, -0.2) is 9.59 Å². The van der Waals surface area contributed by atoms with Gasteiger partial charge >= 0.3 is 12.0 Å². The fourth-order valence-corrected chi connectivity index (χ4v) is 2.21. The first-order valence-corrected chi connectivity index (χ1v) is 7.55. The maximum Gasteiger partial charge on any atom is 0.335 e. The number of carboxylic acid groups (broad SMARTS) is 1. The molecule has 21 heavy (non-hydrogen) atoms. The summed E-state index contributed by atoms with van der Waals surface area (Å²) >= 11 is 1.18. The Hall–Kier alpha value is -2.02. The largest absolute Gasteiger partial charge is 0.478 e. The van der Waals surface area contributed by atoms with Gasteiger partial charge in [0.2, 0.25) is 5.91 Å². The van der Waals surface area contributed by atoms with Gasteiger partial charge in [-0.15, -0.1) is 11.8 Å². The lowest BCUT2D eigenvalue weighted by Gasteiger charge is -2.06. The Morgan fingerprint density at radius 2 is 2.05 bits per heavy atom. The van der Waals surface area contributed by atoms with E-state index < -0.39 is 17.9 Å². The molecule has 7 heteroatoms. The number of rotatable bonds is 7. The van der Waals surface area contributed by atoms with Gasteiger partial charge < -0.3 is 10.4 Å². The predicted octanol–water partition coefficient (Wildman–Crippen LogP) is 2.10. The molecule has 0 aliphatic heterocycles. The molecule has 3 N–H and O–H groups in total. The summed E-state index contributed by atoms with van der Waals surface area (Å²) in [5.74, 6) is -1.39. The molecule has 0 bridgehead atoms. The van der Waals surface area contributed by atoms with Crippen LogP contribution in [0.5, 0.6) is 0 Å². The second kappa shape index (κ2) is 9.02. The monoisotopic (exact) mass is 310 g/mol. The standard InChI is InChI=1S/C14H18N2O4S/c1-2-3-7-15-14(20)16-12(17)9-21-11-6-4-5-10(8-11)13(18)19/h4-6,8H,2-3,7,9H2,1H3,(H,18,19)(H2,15,16,17,20). The second-order valence-electron chi connectivity index (χ2n) is 4.28. The van der Waals surface area contributed by atoms with E-state index in [1.54, 1.807) is 12.1 Å². The van der Waals surface area contributed by atoms with E-state index in [-0.39, 0.29) is 11.3 Å². The fraction of sp³-hybridized carbons (Fsp3) is 0.357. The molecule has 0 atom stereocenters. The number of imide groups is 1. The van der Waals surface area contributed by atoms with Crippen LogP contribution in [0.4, 0.5) is 4.79 Å². The molecule has 0 saturated heterocycles. The maximum absolute atomic E-state index is 11.6. The van der Waals surface area contributed by atoms with Crippen LogP contribution in [0.2, 0.25) is 0 Å². The molecule has 6 nitrogen and oxygen atoms in total. The van der Waals surface area contributed by atoms with E-state index in [1.165, 1.54) is 23.9 Å². The van der Waals surface area contributed by atoms with Crippen molar-refractivity contribution in [2.45, 2.75) is 24.7 Å². The van der Waals surface area contributed by atoms with E-state index in [4.69, 9.17) is 5.11 Å². The summed E-state index contributed by atoms with van der Waals surface area (Å²) in [5, 5.41) is 13.7. The van der Waals surface area contributed by atoms with Crippen molar-refractivity contribution in [2.75, 3.05) is 12.3 Å². The van der Waals surface area contributed by atoms with Gasteiger partial charge in [-0.05, 0) is 24.6 Å². The van der Waals surface area contributed by atoms with Gasteiger partial charge in [0.05, 0.1) is 11.3 Å². The molecule has 0 saturated carbocycles. The van der Waals surface area contributed by atoms with Crippen molar-refractivity contribution >= 4 is 29.7 Å². The van der Waals surface area contributed by atoms with Gasteiger partial charge in [0.15, 0.2) is 0 Å². The van der Waals surface area contributed by atoms with Crippen LogP contribution < -0.4 is 10.6 Å². The van der Waals surface area contributed by atoms with E-state index >= 15 is 0 Å². The summed E-state index contributed by atoms with van der Waals surface area (Å²) in [6, 6.07) is 5.79. The van der Waals surface area contributed by atoms with E-state index in [0.29, 0.717) is 11.4 Å². The highest BCUT2D eigenvalue weighted by molar-refractivity contribution is 8.00. The SMILES string of the molecule is CCCCNC(=O)NC(=O)CSc1cccc(C(=O)O)c1. The number of aromatic carboxylic acids is 1. The molecule has 0 heterocycles. The number of carboxylic acids is 1. The summed E-state index contributed by atoms with van der Waals surface area (Å²) in [7, 11) is 0. The molecule has 0 fully saturated rings. The maximum atomic E-state index is 11.6. The molecule has 3 amide bonds. The number of carbonyl (C=O) groups is 3. The number of thioether (sulfide) groups is 1. The topological polar surface area (TPSA) is 95.5 Å². The zero-order valence-corrected chi connectivity index (χ0v) is 12.5. The van der Waals surface area contributed by atoms with Crippen LogP contribution in [0.1, 0.15) is 30.1 Å². The normalized spacial score (nSPS) is 9.95. The third-order valence-electron chi connectivity index (χ3n) is 2.52. The van der Waals surface area contributed by atoms with Crippen molar-refractivity contribution < 1.29 is 19.5 Å². The molecule has 114 valence electrons. The Balaban J connectivity index is 2.37. The minimum absolute atomic E-state index is 0.0459. The summed E-state index contributed by atoms with van der Waals surface area (Å²) in [6.45, 7) is 2.54. The molecule has 0 aliphatic rings. The first-order valence-electron chi connectivity index (χ1n) is 6.56. The first kappa shape index (κ1) is 17.0. The Morgan fingerprint density at radius 3 is 2.71 bits per heavy atom. The average Bonchev–Trinajstić information content (AvgIpc) is 2.45. The number of nitrogens with one attached hydrogen (secondary N) is 2. The highest BCUT2D eigenvalue weighted by Crippen LogP contribution is 2.18. The van der Waals surface area contributed by atoms with Gasteiger partial charge in [-0.1, -0.05) is 19.4 Å². The van der Waals surface area contributed by atoms with Crippen molar-refractivity contribution in [3.05, 3.63) is 29.8 Å². The van der Waals surface area contributed by atoms with Crippen LogP contribution in [0.15, 0.2) is 29.2 Å². The highest BCUT2D eigenvalue weighted by atomic mass is 32.2. The smallest absolute Gasteiger partial charge is 0.335 e. The number of benzene rings is 1. The average molecular weight is 310 g/mol. The summed E-state index contributed by atoms with van der Waals surface area (Å²) in [6.07, 6.45) is 1.82. The van der Waals surface area contributed by atoms with E-state index in [9.17, 15) is 14.4 Å². The van der Waals surface area contributed by atoms with Crippen LogP contribution in [0.25, 0.3) is 0 Å². The molecule has 1 aromatic carbocycles. The van der Waals surface area contributed by atoms with Crippen LogP contribution in [0.3, 0.4) is 0 Å². The van der Waals surface area contributed by atoms with E-state index in [0.717, 1.165) is 12.8 Å². The molecular formula is C14H18N2O4S. The molecular weight excluding hydrogens is 292 g/mol. The minimum atomic E-state index is -1.02. The van der Waals surface area contributed by atoms with Crippen LogP contribution in [-0.2, 0) is 4.79 Å². The Labute approximate surface area is 127 Å². The first-order chi connectivity index (χ1) is 10.0. The quantitative estimate of drug-likeness (QED) is 0.529. The molecule has 0 aliphatic carbocycles. The molecule has 0 aromatic heterocycles. The number of urea groups is 1. The Morgan fingerprint density at radius 1 is 1.29 bits per heavy atom. The molecule has 1 aromatic rings. The lowest BCUT2D eigenvalue weighted by Crippen LogP contribution is -2.40. The van der Waals surface area contributed by atoms with Crippen LogP contribution in [-0.4, -0.2) is 35.3 Å².